The topological polar surface area (TPSA) is 29.5 Å². The number of ether oxygens (including phenoxy) is 1. The molecular weight excluding hydrogens is 245 g/mol. The van der Waals surface area contributed by atoms with E-state index in [1.165, 1.54) is 0 Å². The second-order valence-electron chi connectivity index (χ2n) is 4.71. The van der Waals surface area contributed by atoms with Crippen molar-refractivity contribution >= 4 is 5.91 Å². The van der Waals surface area contributed by atoms with Crippen LogP contribution in [0.5, 0.6) is 5.75 Å². The van der Waals surface area contributed by atoms with Crippen molar-refractivity contribution in [3.05, 3.63) is 41.2 Å². The third-order valence-corrected chi connectivity index (χ3v) is 3.40. The van der Waals surface area contributed by atoms with Crippen LogP contribution in [-0.2, 0) is 6.42 Å². The van der Waals surface area contributed by atoms with E-state index in [2.05, 4.69) is 0 Å². The molecule has 0 aromatic heterocycles. The summed E-state index contributed by atoms with van der Waals surface area (Å²) in [5, 5.41) is 0. The summed E-state index contributed by atoms with van der Waals surface area (Å²) in [7, 11) is 1.80. The van der Waals surface area contributed by atoms with E-state index in [9.17, 15) is 9.18 Å². The Morgan fingerprint density at radius 2 is 2.32 bits per heavy atom. The highest BCUT2D eigenvalue weighted by Crippen LogP contribution is 2.23. The second kappa shape index (κ2) is 5.87. The van der Waals surface area contributed by atoms with E-state index < -0.39 is 0 Å². The van der Waals surface area contributed by atoms with Gasteiger partial charge in [0, 0.05) is 19.2 Å². The number of rotatable bonds is 4. The van der Waals surface area contributed by atoms with Crippen molar-refractivity contribution in [3.8, 4) is 5.75 Å². The van der Waals surface area contributed by atoms with E-state index >= 15 is 0 Å². The molecule has 0 aliphatic carbocycles. The molecule has 4 heteroatoms. The molecule has 1 aromatic rings. The van der Waals surface area contributed by atoms with Crippen LogP contribution in [0.4, 0.5) is 4.39 Å². The first-order valence-corrected chi connectivity index (χ1v) is 6.45. The SMILES string of the molecule is CC/C(=C\F)COc1ccc2c(c1)CCN(C)C2=O. The van der Waals surface area contributed by atoms with Crippen LogP contribution in [0.2, 0.25) is 0 Å². The molecule has 2 rings (SSSR count). The van der Waals surface area contributed by atoms with Crippen LogP contribution in [0.15, 0.2) is 30.1 Å². The number of hydrogen-bond acceptors (Lipinski definition) is 2. The normalized spacial score (nSPS) is 15.4. The van der Waals surface area contributed by atoms with Gasteiger partial charge in [0.1, 0.15) is 12.4 Å². The van der Waals surface area contributed by atoms with Crippen molar-refractivity contribution in [1.29, 1.82) is 0 Å². The lowest BCUT2D eigenvalue weighted by Gasteiger charge is -2.25. The van der Waals surface area contributed by atoms with Crippen LogP contribution in [-0.4, -0.2) is 31.0 Å². The molecule has 1 heterocycles. The number of fused-ring (bicyclic) bond motifs is 1. The smallest absolute Gasteiger partial charge is 0.253 e. The van der Waals surface area contributed by atoms with Gasteiger partial charge in [0.15, 0.2) is 0 Å². The van der Waals surface area contributed by atoms with Gasteiger partial charge in [-0.25, -0.2) is 4.39 Å². The van der Waals surface area contributed by atoms with Gasteiger partial charge in [0.25, 0.3) is 5.91 Å². The summed E-state index contributed by atoms with van der Waals surface area (Å²) < 4.78 is 18.0. The molecule has 0 atom stereocenters. The van der Waals surface area contributed by atoms with E-state index in [4.69, 9.17) is 4.74 Å². The third kappa shape index (κ3) is 2.95. The minimum Gasteiger partial charge on any atom is -0.489 e. The Morgan fingerprint density at radius 3 is 3.00 bits per heavy atom. The highest BCUT2D eigenvalue weighted by molar-refractivity contribution is 5.96. The zero-order chi connectivity index (χ0) is 13.8. The molecule has 0 bridgehead atoms. The molecule has 0 saturated carbocycles. The van der Waals surface area contributed by atoms with Crippen LogP contribution in [0.1, 0.15) is 29.3 Å². The van der Waals surface area contributed by atoms with Gasteiger partial charge < -0.3 is 9.64 Å². The van der Waals surface area contributed by atoms with Gasteiger partial charge in [-0.05, 0) is 42.2 Å². The molecular formula is C15H18FNO2. The van der Waals surface area contributed by atoms with Gasteiger partial charge in [0.2, 0.25) is 0 Å². The van der Waals surface area contributed by atoms with Crippen molar-refractivity contribution in [1.82, 2.24) is 4.90 Å². The number of hydrogen-bond donors (Lipinski definition) is 0. The van der Waals surface area contributed by atoms with Crippen molar-refractivity contribution in [2.45, 2.75) is 19.8 Å². The number of amides is 1. The molecule has 1 aliphatic heterocycles. The molecule has 1 aromatic carbocycles. The molecule has 0 N–H and O–H groups in total. The summed E-state index contributed by atoms with van der Waals surface area (Å²) >= 11 is 0. The average molecular weight is 263 g/mol. The Balaban J connectivity index is 2.12. The summed E-state index contributed by atoms with van der Waals surface area (Å²) in [4.78, 5) is 13.6. The number of carbonyl (C=O) groups excluding carboxylic acids is 1. The molecule has 1 aliphatic rings. The van der Waals surface area contributed by atoms with E-state index in [0.717, 1.165) is 24.1 Å². The summed E-state index contributed by atoms with van der Waals surface area (Å²) in [6.45, 7) is 2.86. The van der Waals surface area contributed by atoms with Crippen molar-refractivity contribution in [2.24, 2.45) is 0 Å². The molecule has 1 amide bonds. The van der Waals surface area contributed by atoms with E-state index in [0.29, 0.717) is 24.1 Å². The zero-order valence-electron chi connectivity index (χ0n) is 11.3. The van der Waals surface area contributed by atoms with Crippen LogP contribution < -0.4 is 4.74 Å². The van der Waals surface area contributed by atoms with E-state index in [-0.39, 0.29) is 12.5 Å². The number of likely N-dealkylation sites (N-methyl/N-ethyl adjacent to an activating group) is 1. The minimum absolute atomic E-state index is 0.0469. The molecule has 0 spiro atoms. The highest BCUT2D eigenvalue weighted by Gasteiger charge is 2.21. The quantitative estimate of drug-likeness (QED) is 0.836. The summed E-state index contributed by atoms with van der Waals surface area (Å²) in [5.41, 5.74) is 2.36. The summed E-state index contributed by atoms with van der Waals surface area (Å²) in [6.07, 6.45) is 2.05. The molecule has 0 radical (unpaired) electrons. The second-order valence-corrected chi connectivity index (χ2v) is 4.71. The molecule has 102 valence electrons. The zero-order valence-corrected chi connectivity index (χ0v) is 11.3. The Kier molecular flexibility index (Phi) is 4.20. The van der Waals surface area contributed by atoms with Crippen molar-refractivity contribution in [2.75, 3.05) is 20.2 Å². The van der Waals surface area contributed by atoms with Crippen LogP contribution in [0, 0.1) is 0 Å². The Labute approximate surface area is 112 Å². The number of nitrogens with zero attached hydrogens (tertiary/aromatic N) is 1. The number of halogens is 1. The average Bonchev–Trinajstić information content (AvgIpc) is 2.44. The highest BCUT2D eigenvalue weighted by atomic mass is 19.1. The predicted molar refractivity (Wildman–Crippen MR) is 72.1 cm³/mol. The lowest BCUT2D eigenvalue weighted by atomic mass is 9.99. The summed E-state index contributed by atoms with van der Waals surface area (Å²) in [5.74, 6) is 0.731. The van der Waals surface area contributed by atoms with Gasteiger partial charge in [-0.1, -0.05) is 6.92 Å². The van der Waals surface area contributed by atoms with Crippen LogP contribution in [0.3, 0.4) is 0 Å². The van der Waals surface area contributed by atoms with Crippen molar-refractivity contribution < 1.29 is 13.9 Å². The fourth-order valence-corrected chi connectivity index (χ4v) is 2.06. The van der Waals surface area contributed by atoms with Crippen molar-refractivity contribution in [3.63, 3.8) is 0 Å². The van der Waals surface area contributed by atoms with Crippen LogP contribution in [0.25, 0.3) is 0 Å². The summed E-state index contributed by atoms with van der Waals surface area (Å²) in [6, 6.07) is 5.43. The Bertz CT molecular complexity index is 511. The maximum atomic E-state index is 12.4. The molecule has 3 nitrogen and oxygen atoms in total. The largest absolute Gasteiger partial charge is 0.489 e. The van der Waals surface area contributed by atoms with E-state index in [1.807, 2.05) is 13.0 Å². The van der Waals surface area contributed by atoms with Gasteiger partial charge in [-0.15, -0.1) is 0 Å². The first kappa shape index (κ1) is 13.6. The lowest BCUT2D eigenvalue weighted by molar-refractivity contribution is 0.0781. The number of benzene rings is 1. The molecule has 19 heavy (non-hydrogen) atoms. The van der Waals surface area contributed by atoms with Gasteiger partial charge in [0.05, 0.1) is 6.33 Å². The van der Waals surface area contributed by atoms with Gasteiger partial charge in [-0.2, -0.15) is 0 Å². The maximum Gasteiger partial charge on any atom is 0.253 e. The predicted octanol–water partition coefficient (Wildman–Crippen LogP) is 2.96. The van der Waals surface area contributed by atoms with Gasteiger partial charge in [-0.3, -0.25) is 4.79 Å². The van der Waals surface area contributed by atoms with Gasteiger partial charge >= 0.3 is 0 Å². The molecule has 0 saturated heterocycles. The minimum atomic E-state index is 0.0469. The maximum absolute atomic E-state index is 12.4. The van der Waals surface area contributed by atoms with E-state index in [1.54, 1.807) is 24.1 Å². The van der Waals surface area contributed by atoms with Crippen LogP contribution >= 0.6 is 0 Å². The number of carbonyl (C=O) groups is 1. The fraction of sp³-hybridized carbons (Fsp3) is 0.400. The first-order valence-electron chi connectivity index (χ1n) is 6.45. The standard InChI is InChI=1S/C15H18FNO2/c1-3-11(9-16)10-19-13-4-5-14-12(8-13)6-7-17(2)15(14)18/h4-5,8-9H,3,6-7,10H2,1-2H3/b11-9+. The monoisotopic (exact) mass is 263 g/mol. The first-order chi connectivity index (χ1) is 9.15. The Hall–Kier alpha value is -1.84. The Morgan fingerprint density at radius 1 is 1.53 bits per heavy atom. The lowest BCUT2D eigenvalue weighted by Crippen LogP contribution is -2.34. The molecule has 0 unspecified atom stereocenters. The fourth-order valence-electron chi connectivity index (χ4n) is 2.06. The third-order valence-electron chi connectivity index (χ3n) is 3.40. The molecule has 0 fully saturated rings.